The lowest BCUT2D eigenvalue weighted by Gasteiger charge is -2.34. The van der Waals surface area contributed by atoms with Gasteiger partial charge in [-0.2, -0.15) is 0 Å². The van der Waals surface area contributed by atoms with Crippen molar-refractivity contribution in [2.24, 2.45) is 0 Å². The van der Waals surface area contributed by atoms with E-state index in [4.69, 9.17) is 4.42 Å². The minimum Gasteiger partial charge on any atom is -0.444 e. The van der Waals surface area contributed by atoms with Crippen molar-refractivity contribution in [3.05, 3.63) is 52.4 Å². The number of nitrogens with zero attached hydrogens (tertiary/aromatic N) is 3. The predicted octanol–water partition coefficient (Wildman–Crippen LogP) is 4.17. The first-order valence-electron chi connectivity index (χ1n) is 9.09. The van der Waals surface area contributed by atoms with Gasteiger partial charge in [-0.3, -0.25) is 0 Å². The Morgan fingerprint density at radius 2 is 2.12 bits per heavy atom. The fourth-order valence-electron chi connectivity index (χ4n) is 3.40. The summed E-state index contributed by atoms with van der Waals surface area (Å²) in [5.41, 5.74) is 3.49. The van der Waals surface area contributed by atoms with Crippen LogP contribution in [-0.2, 0) is 6.54 Å². The van der Waals surface area contributed by atoms with Gasteiger partial charge in [-0.15, -0.1) is 11.3 Å². The number of anilines is 1. The molecule has 2 aromatic heterocycles. The first-order valence-corrected chi connectivity index (χ1v) is 9.91. The molecule has 1 N–H and O–H groups in total. The average Bonchev–Trinajstić information content (AvgIpc) is 3.31. The van der Waals surface area contributed by atoms with Gasteiger partial charge in [0.2, 0.25) is 0 Å². The van der Waals surface area contributed by atoms with Crippen LogP contribution in [0.15, 0.2) is 41.3 Å². The van der Waals surface area contributed by atoms with E-state index in [-0.39, 0.29) is 0 Å². The van der Waals surface area contributed by atoms with Crippen LogP contribution in [-0.4, -0.2) is 29.1 Å². The minimum atomic E-state index is 0.563. The SMILES string of the molecule is Cc1nc(CNC2CCN(c3cccc(-c4cnco4)c3)CC2)sc1C. The Hall–Kier alpha value is -2.18. The number of hydrogen-bond acceptors (Lipinski definition) is 6. The molecule has 1 fully saturated rings. The summed E-state index contributed by atoms with van der Waals surface area (Å²) in [4.78, 5) is 12.4. The number of piperidine rings is 1. The monoisotopic (exact) mass is 368 g/mol. The zero-order valence-corrected chi connectivity index (χ0v) is 16.1. The molecule has 0 aliphatic carbocycles. The van der Waals surface area contributed by atoms with E-state index in [2.05, 4.69) is 58.3 Å². The number of benzene rings is 1. The molecule has 3 heterocycles. The van der Waals surface area contributed by atoms with E-state index in [1.807, 2.05) is 0 Å². The van der Waals surface area contributed by atoms with Crippen LogP contribution in [0.2, 0.25) is 0 Å². The summed E-state index contributed by atoms with van der Waals surface area (Å²) in [5.74, 6) is 0.817. The highest BCUT2D eigenvalue weighted by molar-refractivity contribution is 7.11. The molecule has 0 atom stereocenters. The lowest BCUT2D eigenvalue weighted by atomic mass is 10.0. The van der Waals surface area contributed by atoms with Gasteiger partial charge in [0.1, 0.15) is 5.01 Å². The Labute approximate surface area is 158 Å². The number of thiazole rings is 1. The van der Waals surface area contributed by atoms with Crippen molar-refractivity contribution < 1.29 is 4.42 Å². The fraction of sp³-hybridized carbons (Fsp3) is 0.400. The topological polar surface area (TPSA) is 54.2 Å². The molecule has 6 heteroatoms. The number of nitrogens with one attached hydrogen (secondary N) is 1. The molecule has 4 rings (SSSR count). The zero-order chi connectivity index (χ0) is 17.9. The molecule has 1 aliphatic rings. The second kappa shape index (κ2) is 7.60. The first-order chi connectivity index (χ1) is 12.7. The molecule has 3 aromatic rings. The Morgan fingerprint density at radius 1 is 1.27 bits per heavy atom. The fourth-order valence-corrected chi connectivity index (χ4v) is 4.29. The quantitative estimate of drug-likeness (QED) is 0.732. The smallest absolute Gasteiger partial charge is 0.181 e. The van der Waals surface area contributed by atoms with Crippen LogP contribution in [0, 0.1) is 13.8 Å². The number of aromatic nitrogens is 2. The van der Waals surface area contributed by atoms with Crippen molar-refractivity contribution in [1.29, 1.82) is 0 Å². The second-order valence-corrected chi connectivity index (χ2v) is 8.10. The van der Waals surface area contributed by atoms with Crippen molar-refractivity contribution in [2.45, 2.75) is 39.3 Å². The summed E-state index contributed by atoms with van der Waals surface area (Å²) in [7, 11) is 0. The molecule has 0 amide bonds. The summed E-state index contributed by atoms with van der Waals surface area (Å²) < 4.78 is 5.42. The highest BCUT2D eigenvalue weighted by Crippen LogP contribution is 2.26. The number of oxazole rings is 1. The van der Waals surface area contributed by atoms with Gasteiger partial charge in [0.25, 0.3) is 0 Å². The van der Waals surface area contributed by atoms with E-state index in [0.717, 1.165) is 49.5 Å². The maximum absolute atomic E-state index is 5.42. The molecule has 1 aromatic carbocycles. The molecule has 5 nitrogen and oxygen atoms in total. The summed E-state index contributed by atoms with van der Waals surface area (Å²) in [6.45, 7) is 7.23. The molecule has 0 spiro atoms. The average molecular weight is 369 g/mol. The van der Waals surface area contributed by atoms with Crippen LogP contribution >= 0.6 is 11.3 Å². The highest BCUT2D eigenvalue weighted by atomic mass is 32.1. The normalized spacial score (nSPS) is 15.5. The molecule has 26 heavy (non-hydrogen) atoms. The van der Waals surface area contributed by atoms with Gasteiger partial charge in [-0.05, 0) is 38.8 Å². The maximum Gasteiger partial charge on any atom is 0.181 e. The van der Waals surface area contributed by atoms with E-state index < -0.39 is 0 Å². The number of rotatable bonds is 5. The maximum atomic E-state index is 5.42. The Bertz CT molecular complexity index is 831. The van der Waals surface area contributed by atoms with E-state index in [0.29, 0.717) is 6.04 Å². The predicted molar refractivity (Wildman–Crippen MR) is 106 cm³/mol. The third kappa shape index (κ3) is 3.81. The van der Waals surface area contributed by atoms with Crippen molar-refractivity contribution in [1.82, 2.24) is 15.3 Å². The van der Waals surface area contributed by atoms with E-state index in [1.165, 1.54) is 22.0 Å². The first kappa shape index (κ1) is 17.2. The molecule has 0 saturated carbocycles. The second-order valence-electron chi connectivity index (χ2n) is 6.81. The van der Waals surface area contributed by atoms with E-state index in [9.17, 15) is 0 Å². The van der Waals surface area contributed by atoms with Crippen LogP contribution < -0.4 is 10.2 Å². The Morgan fingerprint density at radius 3 is 2.81 bits per heavy atom. The number of hydrogen-bond donors (Lipinski definition) is 1. The standard InChI is InChI=1S/C20H24N4OS/c1-14-15(2)26-20(23-14)12-22-17-6-8-24(9-7-17)18-5-3-4-16(10-18)19-11-21-13-25-19/h3-5,10-11,13,17,22H,6-9,12H2,1-2H3. The van der Waals surface area contributed by atoms with Gasteiger partial charge in [-0.25, -0.2) is 9.97 Å². The summed E-state index contributed by atoms with van der Waals surface area (Å²) >= 11 is 1.80. The van der Waals surface area contributed by atoms with Crippen LogP contribution in [0.1, 0.15) is 28.4 Å². The molecule has 1 saturated heterocycles. The third-order valence-electron chi connectivity index (χ3n) is 5.04. The van der Waals surface area contributed by atoms with Crippen molar-refractivity contribution in [2.75, 3.05) is 18.0 Å². The zero-order valence-electron chi connectivity index (χ0n) is 15.2. The summed E-state index contributed by atoms with van der Waals surface area (Å²) in [5, 5.41) is 4.88. The third-order valence-corrected chi connectivity index (χ3v) is 6.11. The molecule has 0 bridgehead atoms. The van der Waals surface area contributed by atoms with Crippen LogP contribution in [0.3, 0.4) is 0 Å². The molecular formula is C20H24N4OS. The van der Waals surface area contributed by atoms with Gasteiger partial charge in [0.15, 0.2) is 12.2 Å². The largest absolute Gasteiger partial charge is 0.444 e. The Balaban J connectivity index is 1.33. The van der Waals surface area contributed by atoms with Crippen LogP contribution in [0.25, 0.3) is 11.3 Å². The van der Waals surface area contributed by atoms with E-state index in [1.54, 1.807) is 17.5 Å². The molecule has 0 unspecified atom stereocenters. The van der Waals surface area contributed by atoms with Crippen LogP contribution in [0.4, 0.5) is 5.69 Å². The lowest BCUT2D eigenvalue weighted by Crippen LogP contribution is -2.42. The molecule has 136 valence electrons. The van der Waals surface area contributed by atoms with Crippen LogP contribution in [0.5, 0.6) is 0 Å². The van der Waals surface area contributed by atoms with Gasteiger partial charge in [0.05, 0.1) is 11.9 Å². The summed E-state index contributed by atoms with van der Waals surface area (Å²) in [6, 6.07) is 9.08. The van der Waals surface area contributed by atoms with Gasteiger partial charge in [0, 0.05) is 41.8 Å². The minimum absolute atomic E-state index is 0.563. The van der Waals surface area contributed by atoms with Gasteiger partial charge < -0.3 is 14.6 Å². The Kier molecular flexibility index (Phi) is 5.04. The van der Waals surface area contributed by atoms with Gasteiger partial charge in [-0.1, -0.05) is 12.1 Å². The van der Waals surface area contributed by atoms with Crippen molar-refractivity contribution >= 4 is 17.0 Å². The highest BCUT2D eigenvalue weighted by Gasteiger charge is 2.20. The number of aryl methyl sites for hydroxylation is 2. The molecule has 0 radical (unpaired) electrons. The van der Waals surface area contributed by atoms with E-state index >= 15 is 0 Å². The van der Waals surface area contributed by atoms with Crippen molar-refractivity contribution in [3.63, 3.8) is 0 Å². The van der Waals surface area contributed by atoms with Crippen molar-refractivity contribution in [3.8, 4) is 11.3 Å². The summed E-state index contributed by atoms with van der Waals surface area (Å²) in [6.07, 6.45) is 5.54. The lowest BCUT2D eigenvalue weighted by molar-refractivity contribution is 0.413. The molecular weight excluding hydrogens is 344 g/mol. The molecule has 1 aliphatic heterocycles. The van der Waals surface area contributed by atoms with Gasteiger partial charge >= 0.3 is 0 Å².